The molecule has 54 valence electrons. The second-order valence-electron chi connectivity index (χ2n) is 1.30. The van der Waals surface area contributed by atoms with Crippen molar-refractivity contribution in [2.24, 2.45) is 0 Å². The standard InChI is InChI=1S/C6H10S.C2H6/c1-3-4-5-6(2)7;1-2/h4-5,7H,2-3H2,1H3;1-2H3/b5-4-;. The number of rotatable bonds is 2. The van der Waals surface area contributed by atoms with Crippen LogP contribution in [0, 0.1) is 0 Å². The van der Waals surface area contributed by atoms with E-state index in [0.29, 0.717) is 0 Å². The predicted octanol–water partition coefficient (Wildman–Crippen LogP) is 3.42. The first-order valence-corrected chi connectivity index (χ1v) is 3.76. The fourth-order valence-electron chi connectivity index (χ4n) is 0.254. The van der Waals surface area contributed by atoms with Crippen molar-refractivity contribution in [1.29, 1.82) is 0 Å². The summed E-state index contributed by atoms with van der Waals surface area (Å²) < 4.78 is 0. The van der Waals surface area contributed by atoms with Gasteiger partial charge in [-0.1, -0.05) is 39.5 Å². The molecule has 0 spiro atoms. The van der Waals surface area contributed by atoms with E-state index in [1.54, 1.807) is 0 Å². The van der Waals surface area contributed by atoms with Crippen molar-refractivity contribution >= 4 is 12.6 Å². The summed E-state index contributed by atoms with van der Waals surface area (Å²) in [5.74, 6) is 0. The van der Waals surface area contributed by atoms with Crippen LogP contribution in [0.3, 0.4) is 0 Å². The Hall–Kier alpha value is -0.170. The summed E-state index contributed by atoms with van der Waals surface area (Å²) in [7, 11) is 0. The number of hydrogen-bond acceptors (Lipinski definition) is 1. The predicted molar refractivity (Wildman–Crippen MR) is 48.9 cm³/mol. The van der Waals surface area contributed by atoms with Gasteiger partial charge in [0, 0.05) is 0 Å². The summed E-state index contributed by atoms with van der Waals surface area (Å²) in [6.07, 6.45) is 4.97. The van der Waals surface area contributed by atoms with E-state index >= 15 is 0 Å². The van der Waals surface area contributed by atoms with Gasteiger partial charge in [-0.15, -0.1) is 12.6 Å². The summed E-state index contributed by atoms with van der Waals surface area (Å²) >= 11 is 3.95. The third-order valence-corrected chi connectivity index (χ3v) is 0.695. The summed E-state index contributed by atoms with van der Waals surface area (Å²) in [5, 5.41) is 0. The van der Waals surface area contributed by atoms with Gasteiger partial charge in [0.2, 0.25) is 0 Å². The van der Waals surface area contributed by atoms with E-state index in [1.807, 2.05) is 26.0 Å². The minimum Gasteiger partial charge on any atom is -0.144 e. The lowest BCUT2D eigenvalue weighted by Crippen LogP contribution is -1.54. The molecule has 0 aliphatic heterocycles. The second kappa shape index (κ2) is 10.7. The number of thiol groups is 1. The van der Waals surface area contributed by atoms with Crippen molar-refractivity contribution in [3.63, 3.8) is 0 Å². The maximum Gasteiger partial charge on any atom is -0.00352 e. The fourth-order valence-corrected chi connectivity index (χ4v) is 0.359. The minimum absolute atomic E-state index is 0.821. The Morgan fingerprint density at radius 3 is 2.11 bits per heavy atom. The number of hydrogen-bond donors (Lipinski definition) is 1. The Labute approximate surface area is 64.1 Å². The van der Waals surface area contributed by atoms with Gasteiger partial charge >= 0.3 is 0 Å². The molecule has 0 bridgehead atoms. The van der Waals surface area contributed by atoms with Gasteiger partial charge in [0.15, 0.2) is 0 Å². The highest BCUT2D eigenvalue weighted by Gasteiger charge is 1.68. The monoisotopic (exact) mass is 144 g/mol. The zero-order chi connectivity index (χ0) is 7.70. The Morgan fingerprint density at radius 2 is 2.00 bits per heavy atom. The Kier molecular flexibility index (Phi) is 13.9. The molecule has 0 nitrogen and oxygen atoms in total. The normalized spacial score (nSPS) is 8.44. The highest BCUT2D eigenvalue weighted by molar-refractivity contribution is 7.84. The van der Waals surface area contributed by atoms with Crippen LogP contribution in [0.5, 0.6) is 0 Å². The van der Waals surface area contributed by atoms with Crippen molar-refractivity contribution in [2.45, 2.75) is 27.2 Å². The zero-order valence-electron chi connectivity index (χ0n) is 6.52. The average molecular weight is 144 g/mol. The molecule has 0 unspecified atom stereocenters. The van der Waals surface area contributed by atoms with E-state index < -0.39 is 0 Å². The van der Waals surface area contributed by atoms with Crippen molar-refractivity contribution in [2.75, 3.05) is 0 Å². The van der Waals surface area contributed by atoms with Crippen LogP contribution in [0.15, 0.2) is 23.6 Å². The highest BCUT2D eigenvalue weighted by atomic mass is 32.1. The van der Waals surface area contributed by atoms with Crippen LogP contribution in [0.1, 0.15) is 27.2 Å². The van der Waals surface area contributed by atoms with Gasteiger partial charge in [0.1, 0.15) is 0 Å². The first-order chi connectivity index (χ1) is 4.27. The van der Waals surface area contributed by atoms with E-state index in [4.69, 9.17) is 0 Å². The summed E-state index contributed by atoms with van der Waals surface area (Å²) in [4.78, 5) is 0.821. The van der Waals surface area contributed by atoms with Crippen molar-refractivity contribution in [3.8, 4) is 0 Å². The molecule has 1 heteroatoms. The van der Waals surface area contributed by atoms with Gasteiger partial charge in [-0.2, -0.15) is 0 Å². The highest BCUT2D eigenvalue weighted by Crippen LogP contribution is 1.96. The molecule has 9 heavy (non-hydrogen) atoms. The maximum atomic E-state index is 3.95. The second-order valence-corrected chi connectivity index (χ2v) is 1.88. The molecule has 0 saturated carbocycles. The van der Waals surface area contributed by atoms with Crippen LogP contribution in [-0.4, -0.2) is 0 Å². The summed E-state index contributed by atoms with van der Waals surface area (Å²) in [6, 6.07) is 0. The van der Waals surface area contributed by atoms with Crippen molar-refractivity contribution in [3.05, 3.63) is 23.6 Å². The molecule has 0 aliphatic rings. The average Bonchev–Trinajstić information content (AvgIpc) is 1.88. The molecule has 0 heterocycles. The van der Waals surface area contributed by atoms with E-state index in [2.05, 4.69) is 26.1 Å². The minimum atomic E-state index is 0.821. The van der Waals surface area contributed by atoms with Gasteiger partial charge in [-0.3, -0.25) is 0 Å². The lowest BCUT2D eigenvalue weighted by molar-refractivity contribution is 1.22. The lowest BCUT2D eigenvalue weighted by atomic mass is 10.4. The molecular formula is C8H16S. The Morgan fingerprint density at radius 1 is 1.56 bits per heavy atom. The third-order valence-electron chi connectivity index (χ3n) is 0.546. The molecule has 0 radical (unpaired) electrons. The molecule has 0 aromatic rings. The third kappa shape index (κ3) is 18.1. The SMILES string of the molecule is C=C(S)/C=C\CC.CC. The molecule has 0 aromatic heterocycles. The largest absolute Gasteiger partial charge is 0.144 e. The molecule has 0 saturated heterocycles. The van der Waals surface area contributed by atoms with Crippen LogP contribution in [0.25, 0.3) is 0 Å². The van der Waals surface area contributed by atoms with E-state index in [0.717, 1.165) is 11.3 Å². The van der Waals surface area contributed by atoms with Gasteiger partial charge in [-0.25, -0.2) is 0 Å². The van der Waals surface area contributed by atoms with Gasteiger partial charge in [0.25, 0.3) is 0 Å². The maximum absolute atomic E-state index is 3.95. The molecule has 0 fully saturated rings. The first-order valence-electron chi connectivity index (χ1n) is 3.31. The Balaban J connectivity index is 0. The molecule has 0 aromatic carbocycles. The molecule has 0 rings (SSSR count). The zero-order valence-corrected chi connectivity index (χ0v) is 7.41. The van der Waals surface area contributed by atoms with Gasteiger partial charge < -0.3 is 0 Å². The molecule has 0 N–H and O–H groups in total. The quantitative estimate of drug-likeness (QED) is 0.445. The molecule has 0 atom stereocenters. The van der Waals surface area contributed by atoms with Crippen LogP contribution in [0.2, 0.25) is 0 Å². The number of allylic oxidation sites excluding steroid dienone is 2. The van der Waals surface area contributed by atoms with Crippen molar-refractivity contribution < 1.29 is 0 Å². The fraction of sp³-hybridized carbons (Fsp3) is 0.500. The molecule has 0 amide bonds. The first kappa shape index (κ1) is 11.6. The topological polar surface area (TPSA) is 0 Å². The Bertz CT molecular complexity index is 82.6. The van der Waals surface area contributed by atoms with E-state index in [9.17, 15) is 0 Å². The summed E-state index contributed by atoms with van der Waals surface area (Å²) in [6.45, 7) is 9.65. The van der Waals surface area contributed by atoms with Crippen LogP contribution >= 0.6 is 12.6 Å². The van der Waals surface area contributed by atoms with E-state index in [-0.39, 0.29) is 0 Å². The smallest absolute Gasteiger partial charge is 0.00352 e. The summed E-state index contributed by atoms with van der Waals surface area (Å²) in [5.41, 5.74) is 0. The molecule has 0 aliphatic carbocycles. The van der Waals surface area contributed by atoms with Gasteiger partial charge in [0.05, 0.1) is 0 Å². The molecular weight excluding hydrogens is 128 g/mol. The van der Waals surface area contributed by atoms with E-state index in [1.165, 1.54) is 0 Å². The van der Waals surface area contributed by atoms with Crippen LogP contribution < -0.4 is 0 Å². The van der Waals surface area contributed by atoms with Crippen LogP contribution in [-0.2, 0) is 0 Å². The van der Waals surface area contributed by atoms with Crippen molar-refractivity contribution in [1.82, 2.24) is 0 Å². The van der Waals surface area contributed by atoms with Gasteiger partial charge in [-0.05, 0) is 11.3 Å². The van der Waals surface area contributed by atoms with Crippen LogP contribution in [0.4, 0.5) is 0 Å². The lowest BCUT2D eigenvalue weighted by Gasteiger charge is -1.78.